The maximum absolute atomic E-state index is 12.7. The van der Waals surface area contributed by atoms with Crippen molar-refractivity contribution in [3.8, 4) is 0 Å². The first kappa shape index (κ1) is 17.9. The molecule has 1 aromatic heterocycles. The Hall–Kier alpha value is -2.43. The van der Waals surface area contributed by atoms with E-state index in [1.54, 1.807) is 24.3 Å². The molecule has 5 heteroatoms. The van der Waals surface area contributed by atoms with Gasteiger partial charge in [-0.3, -0.25) is 9.59 Å². The molecule has 128 valence electrons. The smallest absolute Gasteiger partial charge is 0.278 e. The van der Waals surface area contributed by atoms with Crippen LogP contribution in [0.1, 0.15) is 60.4 Å². The van der Waals surface area contributed by atoms with E-state index in [2.05, 4.69) is 17.3 Å². The summed E-state index contributed by atoms with van der Waals surface area (Å²) in [6.45, 7) is 7.95. The van der Waals surface area contributed by atoms with Gasteiger partial charge in [-0.1, -0.05) is 20.3 Å². The fourth-order valence-corrected chi connectivity index (χ4v) is 2.75. The van der Waals surface area contributed by atoms with Gasteiger partial charge in [0, 0.05) is 23.4 Å². The Bertz CT molecular complexity index is 730. The third-order valence-corrected chi connectivity index (χ3v) is 4.03. The first-order valence-corrected chi connectivity index (χ1v) is 8.47. The van der Waals surface area contributed by atoms with Gasteiger partial charge in [-0.25, -0.2) is 4.68 Å². The number of aryl methyl sites for hydroxylation is 1. The molecule has 0 spiro atoms. The number of aromatic nitrogens is 2. The molecule has 0 saturated carbocycles. The number of hydrogen-bond donors (Lipinski definition) is 1. The van der Waals surface area contributed by atoms with Gasteiger partial charge >= 0.3 is 0 Å². The van der Waals surface area contributed by atoms with E-state index < -0.39 is 0 Å². The number of rotatable bonds is 6. The predicted octanol–water partition coefficient (Wildman–Crippen LogP) is 3.88. The van der Waals surface area contributed by atoms with Crippen molar-refractivity contribution >= 4 is 17.5 Å². The van der Waals surface area contributed by atoms with Crippen molar-refractivity contribution < 1.29 is 9.59 Å². The van der Waals surface area contributed by atoms with Crippen LogP contribution in [-0.4, -0.2) is 21.6 Å². The van der Waals surface area contributed by atoms with Crippen molar-refractivity contribution in [1.82, 2.24) is 9.78 Å². The third kappa shape index (κ3) is 3.91. The van der Waals surface area contributed by atoms with Gasteiger partial charge < -0.3 is 5.32 Å². The summed E-state index contributed by atoms with van der Waals surface area (Å²) in [6, 6.07) is 6.94. The van der Waals surface area contributed by atoms with Gasteiger partial charge in [-0.15, -0.1) is 0 Å². The van der Waals surface area contributed by atoms with E-state index in [9.17, 15) is 9.59 Å². The maximum atomic E-state index is 12.7. The van der Waals surface area contributed by atoms with Crippen LogP contribution in [0.15, 0.2) is 24.3 Å². The highest BCUT2D eigenvalue weighted by atomic mass is 16.2. The summed E-state index contributed by atoms with van der Waals surface area (Å²) in [5.74, 6) is -0.163. The molecular formula is C19H25N3O2. The van der Waals surface area contributed by atoms with Crippen molar-refractivity contribution in [2.24, 2.45) is 0 Å². The Labute approximate surface area is 143 Å². The molecule has 0 aliphatic heterocycles. The summed E-state index contributed by atoms with van der Waals surface area (Å²) in [5, 5.41) is 7.22. The van der Waals surface area contributed by atoms with Crippen LogP contribution in [0.2, 0.25) is 0 Å². The quantitative estimate of drug-likeness (QED) is 0.875. The van der Waals surface area contributed by atoms with E-state index in [1.165, 1.54) is 4.68 Å². The summed E-state index contributed by atoms with van der Waals surface area (Å²) in [5.41, 5.74) is 4.21. The second-order valence-electron chi connectivity index (χ2n) is 5.99. The van der Waals surface area contributed by atoms with Crippen LogP contribution in [0.25, 0.3) is 0 Å². The minimum absolute atomic E-state index is 0.0145. The van der Waals surface area contributed by atoms with Crippen LogP contribution >= 0.6 is 0 Å². The summed E-state index contributed by atoms with van der Waals surface area (Å²) < 4.78 is 1.48. The van der Waals surface area contributed by atoms with Crippen molar-refractivity contribution in [2.45, 2.75) is 53.4 Å². The molecule has 1 heterocycles. The Kier molecular flexibility index (Phi) is 5.90. The van der Waals surface area contributed by atoms with Crippen LogP contribution in [0.4, 0.5) is 5.69 Å². The zero-order valence-corrected chi connectivity index (χ0v) is 14.8. The highest BCUT2D eigenvalue weighted by molar-refractivity contribution is 5.97. The van der Waals surface area contributed by atoms with Crippen LogP contribution in [-0.2, 0) is 11.2 Å². The highest BCUT2D eigenvalue weighted by Crippen LogP contribution is 2.17. The molecule has 0 atom stereocenters. The second kappa shape index (κ2) is 7.90. The lowest BCUT2D eigenvalue weighted by molar-refractivity contribution is -0.116. The largest absolute Gasteiger partial charge is 0.326 e. The second-order valence-corrected chi connectivity index (χ2v) is 5.99. The van der Waals surface area contributed by atoms with E-state index in [0.29, 0.717) is 17.7 Å². The van der Waals surface area contributed by atoms with Gasteiger partial charge in [0.1, 0.15) is 0 Å². The van der Waals surface area contributed by atoms with Crippen LogP contribution in [0.3, 0.4) is 0 Å². The van der Waals surface area contributed by atoms with Crippen molar-refractivity contribution in [3.05, 3.63) is 46.8 Å². The first-order valence-electron chi connectivity index (χ1n) is 8.47. The fourth-order valence-electron chi connectivity index (χ4n) is 2.75. The van der Waals surface area contributed by atoms with Gasteiger partial charge in [0.05, 0.1) is 5.69 Å². The van der Waals surface area contributed by atoms with Crippen molar-refractivity contribution in [1.29, 1.82) is 0 Å². The molecule has 0 aliphatic rings. The summed E-state index contributed by atoms with van der Waals surface area (Å²) in [7, 11) is 0. The average Bonchev–Trinajstić information content (AvgIpc) is 2.84. The molecule has 2 aromatic rings. The lowest BCUT2D eigenvalue weighted by Crippen LogP contribution is -2.16. The van der Waals surface area contributed by atoms with Crippen LogP contribution < -0.4 is 5.32 Å². The monoisotopic (exact) mass is 327 g/mol. The zero-order valence-electron chi connectivity index (χ0n) is 14.8. The standard InChI is InChI=1S/C19H25N3O2/c1-5-7-17-13(3)21-22(14(17)4)19(24)15-9-11-16(12-10-15)20-18(23)8-6-2/h9-12H,5-8H2,1-4H3,(H,20,23). The zero-order chi connectivity index (χ0) is 17.7. The van der Waals surface area contributed by atoms with E-state index >= 15 is 0 Å². The average molecular weight is 327 g/mol. The number of nitrogens with one attached hydrogen (secondary N) is 1. The number of amides is 1. The van der Waals surface area contributed by atoms with Crippen molar-refractivity contribution in [3.63, 3.8) is 0 Å². The molecule has 1 aromatic carbocycles. The summed E-state index contributed by atoms with van der Waals surface area (Å²) in [4.78, 5) is 24.3. The lowest BCUT2D eigenvalue weighted by atomic mass is 10.1. The molecule has 0 bridgehead atoms. The Balaban J connectivity index is 2.19. The SMILES string of the molecule is CCCC(=O)Nc1ccc(C(=O)n2nc(C)c(CCC)c2C)cc1. The summed E-state index contributed by atoms with van der Waals surface area (Å²) >= 11 is 0. The first-order chi connectivity index (χ1) is 11.5. The minimum atomic E-state index is -0.149. The molecular weight excluding hydrogens is 302 g/mol. The van der Waals surface area contributed by atoms with E-state index in [1.807, 2.05) is 20.8 Å². The van der Waals surface area contributed by atoms with Crippen LogP contribution in [0, 0.1) is 13.8 Å². The van der Waals surface area contributed by atoms with Gasteiger partial charge in [0.2, 0.25) is 5.91 Å². The Morgan fingerprint density at radius 2 is 1.75 bits per heavy atom. The van der Waals surface area contributed by atoms with Crippen LogP contribution in [0.5, 0.6) is 0 Å². The topological polar surface area (TPSA) is 64.0 Å². The Morgan fingerprint density at radius 3 is 2.33 bits per heavy atom. The van der Waals surface area contributed by atoms with Gasteiger partial charge in [0.15, 0.2) is 0 Å². The fraction of sp³-hybridized carbons (Fsp3) is 0.421. The van der Waals surface area contributed by atoms with Crippen molar-refractivity contribution in [2.75, 3.05) is 5.32 Å². The number of hydrogen-bond acceptors (Lipinski definition) is 3. The predicted molar refractivity (Wildman–Crippen MR) is 95.4 cm³/mol. The molecule has 0 aliphatic carbocycles. The Morgan fingerprint density at radius 1 is 1.08 bits per heavy atom. The number of nitrogens with zero attached hydrogens (tertiary/aromatic N) is 2. The number of carbonyl (C=O) groups is 2. The molecule has 0 saturated heterocycles. The van der Waals surface area contributed by atoms with Gasteiger partial charge in [0.25, 0.3) is 5.91 Å². The van der Waals surface area contributed by atoms with Gasteiger partial charge in [-0.05, 0) is 56.5 Å². The maximum Gasteiger partial charge on any atom is 0.278 e. The van der Waals surface area contributed by atoms with E-state index in [4.69, 9.17) is 0 Å². The number of anilines is 1. The molecule has 24 heavy (non-hydrogen) atoms. The minimum Gasteiger partial charge on any atom is -0.326 e. The third-order valence-electron chi connectivity index (χ3n) is 4.03. The molecule has 1 N–H and O–H groups in total. The normalized spacial score (nSPS) is 10.7. The molecule has 5 nitrogen and oxygen atoms in total. The number of benzene rings is 1. The molecule has 1 amide bonds. The van der Waals surface area contributed by atoms with E-state index in [-0.39, 0.29) is 11.8 Å². The lowest BCUT2D eigenvalue weighted by Gasteiger charge is -2.07. The molecule has 0 radical (unpaired) electrons. The molecule has 0 unspecified atom stereocenters. The number of carbonyl (C=O) groups excluding carboxylic acids is 2. The molecule has 0 fully saturated rings. The summed E-state index contributed by atoms with van der Waals surface area (Å²) in [6.07, 6.45) is 3.24. The highest BCUT2D eigenvalue weighted by Gasteiger charge is 2.17. The van der Waals surface area contributed by atoms with E-state index in [0.717, 1.165) is 36.2 Å². The van der Waals surface area contributed by atoms with Gasteiger partial charge in [-0.2, -0.15) is 5.10 Å². The molecule has 2 rings (SSSR count).